The summed E-state index contributed by atoms with van der Waals surface area (Å²) in [6, 6.07) is 0. The largest absolute Gasteiger partial charge is 0.507 e. The number of aromatic nitrogens is 1. The Balaban J connectivity index is 2.28. The van der Waals surface area contributed by atoms with Gasteiger partial charge in [0.25, 0.3) is 0 Å². The summed E-state index contributed by atoms with van der Waals surface area (Å²) in [6.45, 7) is 12.7. The summed E-state index contributed by atoms with van der Waals surface area (Å²) in [5.41, 5.74) is 0.571. The van der Waals surface area contributed by atoms with E-state index in [1.54, 1.807) is 11.3 Å². The Kier molecular flexibility index (Phi) is 4.10. The van der Waals surface area contributed by atoms with Crippen LogP contribution in [0.25, 0.3) is 0 Å². The fourth-order valence-electron chi connectivity index (χ4n) is 2.12. The molecule has 1 saturated heterocycles. The van der Waals surface area contributed by atoms with Crippen molar-refractivity contribution < 1.29 is 9.31 Å². The zero-order valence-corrected chi connectivity index (χ0v) is 13.7. The zero-order valence-electron chi connectivity index (χ0n) is 12.9. The normalized spacial score (nSPS) is 21.1. The first-order chi connectivity index (χ1) is 8.80. The standard InChI is InChI=1S/C14H24BNO2S/c1-7-9-11-16-10(8-2)12(19-11)15-17-13(3,4)14(5,6)18-15/h7-9H2,1-6H3. The topological polar surface area (TPSA) is 31.4 Å². The third kappa shape index (κ3) is 2.74. The van der Waals surface area contributed by atoms with Crippen molar-refractivity contribution in [2.24, 2.45) is 0 Å². The van der Waals surface area contributed by atoms with E-state index in [0.29, 0.717) is 0 Å². The van der Waals surface area contributed by atoms with Crippen molar-refractivity contribution in [3.05, 3.63) is 10.7 Å². The molecule has 0 atom stereocenters. The molecule has 1 aromatic rings. The van der Waals surface area contributed by atoms with Gasteiger partial charge in [-0.05, 0) is 47.0 Å². The molecule has 1 aliphatic heterocycles. The van der Waals surface area contributed by atoms with Crippen molar-refractivity contribution in [1.82, 2.24) is 4.98 Å². The molecule has 1 fully saturated rings. The van der Waals surface area contributed by atoms with Crippen LogP contribution in [-0.2, 0) is 22.2 Å². The van der Waals surface area contributed by atoms with E-state index in [2.05, 4.69) is 41.5 Å². The Morgan fingerprint density at radius 1 is 1.11 bits per heavy atom. The fraction of sp³-hybridized carbons (Fsp3) is 0.786. The van der Waals surface area contributed by atoms with Crippen LogP contribution in [-0.4, -0.2) is 23.3 Å². The highest BCUT2D eigenvalue weighted by Gasteiger charge is 2.52. The molecule has 1 aliphatic rings. The lowest BCUT2D eigenvalue weighted by molar-refractivity contribution is 0.00578. The van der Waals surface area contributed by atoms with Crippen molar-refractivity contribution in [2.75, 3.05) is 0 Å². The van der Waals surface area contributed by atoms with E-state index in [-0.39, 0.29) is 18.3 Å². The molecule has 19 heavy (non-hydrogen) atoms. The highest BCUT2D eigenvalue weighted by molar-refractivity contribution is 7.22. The molecule has 2 heterocycles. The molecule has 0 aromatic carbocycles. The molecule has 0 bridgehead atoms. The number of rotatable bonds is 4. The molecule has 0 N–H and O–H groups in total. The number of thiazole rings is 1. The summed E-state index contributed by atoms with van der Waals surface area (Å²) in [5, 5.41) is 1.20. The van der Waals surface area contributed by atoms with Crippen molar-refractivity contribution in [3.8, 4) is 0 Å². The monoisotopic (exact) mass is 281 g/mol. The van der Waals surface area contributed by atoms with Crippen LogP contribution in [0, 0.1) is 0 Å². The quantitative estimate of drug-likeness (QED) is 0.795. The van der Waals surface area contributed by atoms with Crippen molar-refractivity contribution >= 4 is 23.2 Å². The van der Waals surface area contributed by atoms with Gasteiger partial charge in [-0.2, -0.15) is 0 Å². The maximum atomic E-state index is 6.13. The van der Waals surface area contributed by atoms with Gasteiger partial charge >= 0.3 is 7.12 Å². The summed E-state index contributed by atoms with van der Waals surface area (Å²) in [6.07, 6.45) is 3.09. The van der Waals surface area contributed by atoms with Crippen LogP contribution >= 0.6 is 11.3 Å². The highest BCUT2D eigenvalue weighted by Crippen LogP contribution is 2.37. The second kappa shape index (κ2) is 5.19. The second-order valence-corrected chi connectivity index (χ2v) is 7.23. The molecule has 0 aliphatic carbocycles. The number of nitrogens with zero attached hydrogens (tertiary/aromatic N) is 1. The third-order valence-electron chi connectivity index (χ3n) is 4.04. The van der Waals surface area contributed by atoms with Gasteiger partial charge in [0.15, 0.2) is 0 Å². The predicted octanol–water partition coefficient (Wildman–Crippen LogP) is 2.96. The van der Waals surface area contributed by atoms with Crippen LogP contribution in [0.1, 0.15) is 58.7 Å². The van der Waals surface area contributed by atoms with E-state index in [9.17, 15) is 0 Å². The molecule has 0 saturated carbocycles. The van der Waals surface area contributed by atoms with Gasteiger partial charge in [-0.1, -0.05) is 13.8 Å². The Hall–Kier alpha value is -0.385. The van der Waals surface area contributed by atoms with Gasteiger partial charge in [-0.15, -0.1) is 11.3 Å². The first-order valence-electron chi connectivity index (χ1n) is 7.15. The lowest BCUT2D eigenvalue weighted by Crippen LogP contribution is -2.41. The van der Waals surface area contributed by atoms with Gasteiger partial charge in [0, 0.05) is 0 Å². The first-order valence-corrected chi connectivity index (χ1v) is 7.96. The van der Waals surface area contributed by atoms with E-state index >= 15 is 0 Å². The maximum absolute atomic E-state index is 6.13. The Labute approximate surface area is 120 Å². The summed E-state index contributed by atoms with van der Waals surface area (Å²) < 4.78 is 13.4. The summed E-state index contributed by atoms with van der Waals surface area (Å²) in [4.78, 5) is 4.72. The summed E-state index contributed by atoms with van der Waals surface area (Å²) >= 11 is 1.75. The SMILES string of the molecule is CCCc1nc(CC)c(B2OC(C)(C)C(C)(C)O2)s1. The lowest BCUT2D eigenvalue weighted by Gasteiger charge is -2.32. The average molecular weight is 281 g/mol. The van der Waals surface area contributed by atoms with E-state index in [0.717, 1.165) is 29.7 Å². The van der Waals surface area contributed by atoms with Gasteiger partial charge in [0.2, 0.25) is 0 Å². The van der Waals surface area contributed by atoms with Crippen molar-refractivity contribution in [2.45, 2.75) is 72.0 Å². The zero-order chi connectivity index (χ0) is 14.3. The number of hydrogen-bond donors (Lipinski definition) is 0. The predicted molar refractivity (Wildman–Crippen MR) is 81.2 cm³/mol. The van der Waals surface area contributed by atoms with E-state index in [1.807, 2.05) is 0 Å². The molecule has 2 rings (SSSR count). The molecule has 0 unspecified atom stereocenters. The van der Waals surface area contributed by atoms with E-state index in [1.165, 1.54) is 5.01 Å². The number of aryl methyl sites for hydroxylation is 2. The first kappa shape index (κ1) is 15.0. The van der Waals surface area contributed by atoms with Gasteiger partial charge in [0.05, 0.1) is 26.7 Å². The van der Waals surface area contributed by atoms with Crippen LogP contribution in [0.3, 0.4) is 0 Å². The van der Waals surface area contributed by atoms with E-state index < -0.39 is 0 Å². The minimum Gasteiger partial charge on any atom is -0.399 e. The van der Waals surface area contributed by atoms with Gasteiger partial charge < -0.3 is 9.31 Å². The Bertz CT molecular complexity index is 440. The van der Waals surface area contributed by atoms with Crippen LogP contribution in [0.15, 0.2) is 0 Å². The third-order valence-corrected chi connectivity index (χ3v) is 5.22. The molecule has 0 radical (unpaired) electrons. The highest BCUT2D eigenvalue weighted by atomic mass is 32.1. The van der Waals surface area contributed by atoms with Crippen LogP contribution < -0.4 is 4.78 Å². The molecular weight excluding hydrogens is 257 g/mol. The minimum absolute atomic E-state index is 0.261. The molecule has 0 spiro atoms. The maximum Gasteiger partial charge on any atom is 0.507 e. The molecular formula is C14H24BNO2S. The lowest BCUT2D eigenvalue weighted by atomic mass is 9.86. The van der Waals surface area contributed by atoms with Crippen LogP contribution in [0.4, 0.5) is 0 Å². The van der Waals surface area contributed by atoms with Crippen LogP contribution in [0.2, 0.25) is 0 Å². The average Bonchev–Trinajstić information content (AvgIpc) is 2.79. The smallest absolute Gasteiger partial charge is 0.399 e. The van der Waals surface area contributed by atoms with Crippen molar-refractivity contribution in [3.63, 3.8) is 0 Å². The second-order valence-electron chi connectivity index (χ2n) is 6.11. The summed E-state index contributed by atoms with van der Waals surface area (Å²) in [5.74, 6) is 0. The molecule has 5 heteroatoms. The Morgan fingerprint density at radius 2 is 1.68 bits per heavy atom. The molecule has 0 amide bonds. The van der Waals surface area contributed by atoms with Gasteiger partial charge in [0.1, 0.15) is 0 Å². The van der Waals surface area contributed by atoms with Crippen molar-refractivity contribution in [1.29, 1.82) is 0 Å². The van der Waals surface area contributed by atoms with Gasteiger partial charge in [-0.3, -0.25) is 0 Å². The molecule has 1 aromatic heterocycles. The summed E-state index contributed by atoms with van der Waals surface area (Å²) in [7, 11) is -0.261. The minimum atomic E-state index is -0.280. The van der Waals surface area contributed by atoms with E-state index in [4.69, 9.17) is 14.3 Å². The fourth-order valence-corrected chi connectivity index (χ4v) is 3.34. The molecule has 106 valence electrons. The molecule has 3 nitrogen and oxygen atoms in total. The van der Waals surface area contributed by atoms with Crippen LogP contribution in [0.5, 0.6) is 0 Å². The number of hydrogen-bond acceptors (Lipinski definition) is 4. The Morgan fingerprint density at radius 3 is 2.16 bits per heavy atom. The van der Waals surface area contributed by atoms with Gasteiger partial charge in [-0.25, -0.2) is 4.98 Å².